The predicted molar refractivity (Wildman–Crippen MR) is 73.4 cm³/mol. The van der Waals surface area contributed by atoms with Crippen LogP contribution in [-0.2, 0) is 9.53 Å². The van der Waals surface area contributed by atoms with Crippen molar-refractivity contribution in [1.29, 1.82) is 0 Å². The second-order valence-electron chi connectivity index (χ2n) is 3.94. The fraction of sp³-hybridized carbons (Fsp3) is 0.538. The van der Waals surface area contributed by atoms with Gasteiger partial charge in [-0.1, -0.05) is 6.07 Å². The van der Waals surface area contributed by atoms with Gasteiger partial charge in [0.05, 0.1) is 13.2 Å². The lowest BCUT2D eigenvalue weighted by Gasteiger charge is -2.15. The molecule has 1 amide bonds. The van der Waals surface area contributed by atoms with Gasteiger partial charge in [0.15, 0.2) is 0 Å². The molecule has 0 aliphatic rings. The molecule has 0 aliphatic carbocycles. The van der Waals surface area contributed by atoms with Crippen LogP contribution in [0.3, 0.4) is 0 Å². The Labute approximate surface area is 113 Å². The molecule has 1 heterocycles. The van der Waals surface area contributed by atoms with E-state index in [4.69, 9.17) is 9.47 Å². The SMILES string of the molecule is CCOc1cccc(NC(C)C(=O)NCCOC)n1. The van der Waals surface area contributed by atoms with Gasteiger partial charge in [0, 0.05) is 19.7 Å². The van der Waals surface area contributed by atoms with Crippen molar-refractivity contribution in [3.05, 3.63) is 18.2 Å². The first-order valence-electron chi connectivity index (χ1n) is 6.30. The fourth-order valence-electron chi connectivity index (χ4n) is 1.44. The molecule has 0 saturated heterocycles. The molecule has 6 nitrogen and oxygen atoms in total. The van der Waals surface area contributed by atoms with Gasteiger partial charge in [-0.05, 0) is 19.9 Å². The third kappa shape index (κ3) is 5.56. The van der Waals surface area contributed by atoms with Crippen LogP contribution >= 0.6 is 0 Å². The van der Waals surface area contributed by atoms with Gasteiger partial charge in [-0.25, -0.2) is 0 Å². The molecule has 0 bridgehead atoms. The maximum absolute atomic E-state index is 11.7. The van der Waals surface area contributed by atoms with Crippen LogP contribution in [0, 0.1) is 0 Å². The number of methoxy groups -OCH3 is 1. The second-order valence-corrected chi connectivity index (χ2v) is 3.94. The first-order chi connectivity index (χ1) is 9.17. The van der Waals surface area contributed by atoms with Crippen molar-refractivity contribution in [2.45, 2.75) is 19.9 Å². The lowest BCUT2D eigenvalue weighted by Crippen LogP contribution is -2.39. The highest BCUT2D eigenvalue weighted by Gasteiger charge is 2.12. The molecule has 0 radical (unpaired) electrons. The quantitative estimate of drug-likeness (QED) is 0.689. The molecule has 1 rings (SSSR count). The highest BCUT2D eigenvalue weighted by Crippen LogP contribution is 2.12. The molecule has 0 aliphatic heterocycles. The van der Waals surface area contributed by atoms with Crippen LogP contribution in [0.1, 0.15) is 13.8 Å². The Hall–Kier alpha value is -1.82. The highest BCUT2D eigenvalue weighted by molar-refractivity contribution is 5.83. The Kier molecular flexibility index (Phi) is 6.67. The molecule has 0 fully saturated rings. The van der Waals surface area contributed by atoms with E-state index in [-0.39, 0.29) is 11.9 Å². The molecule has 106 valence electrons. The average molecular weight is 267 g/mol. The Balaban J connectivity index is 2.48. The van der Waals surface area contributed by atoms with E-state index in [1.807, 2.05) is 13.0 Å². The standard InChI is InChI=1S/C13H21N3O3/c1-4-19-12-7-5-6-11(16-12)15-10(2)13(17)14-8-9-18-3/h5-7,10H,4,8-9H2,1-3H3,(H,14,17)(H,15,16). The van der Waals surface area contributed by atoms with E-state index in [1.165, 1.54) is 0 Å². The largest absolute Gasteiger partial charge is 0.478 e. The minimum absolute atomic E-state index is 0.0966. The van der Waals surface area contributed by atoms with E-state index in [0.29, 0.717) is 31.5 Å². The summed E-state index contributed by atoms with van der Waals surface area (Å²) in [6.07, 6.45) is 0. The number of hydrogen-bond acceptors (Lipinski definition) is 5. The van der Waals surface area contributed by atoms with Crippen molar-refractivity contribution in [1.82, 2.24) is 10.3 Å². The molecule has 0 spiro atoms. The molecule has 2 N–H and O–H groups in total. The summed E-state index contributed by atoms with van der Waals surface area (Å²) in [5, 5.41) is 5.78. The lowest BCUT2D eigenvalue weighted by molar-refractivity contribution is -0.121. The summed E-state index contributed by atoms with van der Waals surface area (Å²) in [6.45, 7) is 5.22. The average Bonchev–Trinajstić information content (AvgIpc) is 2.39. The maximum Gasteiger partial charge on any atom is 0.242 e. The first kappa shape index (κ1) is 15.2. The summed E-state index contributed by atoms with van der Waals surface area (Å²) in [6, 6.07) is 5.02. The van der Waals surface area contributed by atoms with E-state index in [1.54, 1.807) is 26.2 Å². The monoisotopic (exact) mass is 267 g/mol. The summed E-state index contributed by atoms with van der Waals surface area (Å²) in [5.74, 6) is 1.06. The van der Waals surface area contributed by atoms with Crippen LogP contribution in [0.15, 0.2) is 18.2 Å². The smallest absolute Gasteiger partial charge is 0.242 e. The number of rotatable bonds is 8. The van der Waals surface area contributed by atoms with E-state index >= 15 is 0 Å². The van der Waals surface area contributed by atoms with Gasteiger partial charge in [-0.15, -0.1) is 0 Å². The topological polar surface area (TPSA) is 72.5 Å². The van der Waals surface area contributed by atoms with Crippen LogP contribution in [0.25, 0.3) is 0 Å². The number of nitrogens with zero attached hydrogens (tertiary/aromatic N) is 1. The van der Waals surface area contributed by atoms with Crippen molar-refractivity contribution < 1.29 is 14.3 Å². The number of carbonyl (C=O) groups is 1. The maximum atomic E-state index is 11.7. The van der Waals surface area contributed by atoms with E-state index in [9.17, 15) is 4.79 Å². The Morgan fingerprint density at radius 2 is 2.26 bits per heavy atom. The van der Waals surface area contributed by atoms with Crippen molar-refractivity contribution in [3.63, 3.8) is 0 Å². The van der Waals surface area contributed by atoms with Crippen LogP contribution in [-0.4, -0.2) is 43.8 Å². The number of anilines is 1. The molecule has 19 heavy (non-hydrogen) atoms. The summed E-state index contributed by atoms with van der Waals surface area (Å²) < 4.78 is 10.2. The number of carbonyl (C=O) groups excluding carboxylic acids is 1. The van der Waals surface area contributed by atoms with Gasteiger partial charge in [0.1, 0.15) is 11.9 Å². The van der Waals surface area contributed by atoms with Crippen molar-refractivity contribution >= 4 is 11.7 Å². The van der Waals surface area contributed by atoms with E-state index < -0.39 is 0 Å². The molecule has 6 heteroatoms. The third-order valence-electron chi connectivity index (χ3n) is 2.38. The number of nitrogens with one attached hydrogen (secondary N) is 2. The molecular formula is C13H21N3O3. The summed E-state index contributed by atoms with van der Waals surface area (Å²) in [7, 11) is 1.59. The van der Waals surface area contributed by atoms with Crippen LogP contribution < -0.4 is 15.4 Å². The van der Waals surface area contributed by atoms with Gasteiger partial charge < -0.3 is 20.1 Å². The number of pyridine rings is 1. The molecule has 1 aromatic rings. The Morgan fingerprint density at radius 3 is 2.95 bits per heavy atom. The van der Waals surface area contributed by atoms with Gasteiger partial charge in [0.25, 0.3) is 0 Å². The molecule has 1 aromatic heterocycles. The second kappa shape index (κ2) is 8.31. The van der Waals surface area contributed by atoms with Gasteiger partial charge in [0.2, 0.25) is 11.8 Å². The summed E-state index contributed by atoms with van der Waals surface area (Å²) in [4.78, 5) is 16.0. The predicted octanol–water partition coefficient (Wildman–Crippen LogP) is 1.04. The molecule has 1 atom stereocenters. The fourth-order valence-corrected chi connectivity index (χ4v) is 1.44. The van der Waals surface area contributed by atoms with Crippen molar-refractivity contribution in [2.24, 2.45) is 0 Å². The molecule has 1 unspecified atom stereocenters. The Morgan fingerprint density at radius 1 is 1.47 bits per heavy atom. The van der Waals surface area contributed by atoms with E-state index in [0.717, 1.165) is 0 Å². The van der Waals surface area contributed by atoms with Crippen LogP contribution in [0.4, 0.5) is 5.82 Å². The third-order valence-corrected chi connectivity index (χ3v) is 2.38. The minimum atomic E-state index is -0.374. The number of hydrogen-bond donors (Lipinski definition) is 2. The van der Waals surface area contributed by atoms with Gasteiger partial charge in [-0.3, -0.25) is 4.79 Å². The summed E-state index contributed by atoms with van der Waals surface area (Å²) >= 11 is 0. The normalized spacial score (nSPS) is 11.7. The lowest BCUT2D eigenvalue weighted by atomic mass is 10.3. The van der Waals surface area contributed by atoms with Crippen molar-refractivity contribution in [2.75, 3.05) is 32.2 Å². The Bertz CT molecular complexity index is 398. The van der Waals surface area contributed by atoms with Crippen molar-refractivity contribution in [3.8, 4) is 5.88 Å². The summed E-state index contributed by atoms with van der Waals surface area (Å²) in [5.41, 5.74) is 0. The van der Waals surface area contributed by atoms with Gasteiger partial charge in [-0.2, -0.15) is 4.98 Å². The minimum Gasteiger partial charge on any atom is -0.478 e. The van der Waals surface area contributed by atoms with Crippen LogP contribution in [0.2, 0.25) is 0 Å². The molecule has 0 aromatic carbocycles. The number of amides is 1. The molecular weight excluding hydrogens is 246 g/mol. The zero-order valence-corrected chi connectivity index (χ0v) is 11.6. The highest BCUT2D eigenvalue weighted by atomic mass is 16.5. The number of aromatic nitrogens is 1. The van der Waals surface area contributed by atoms with Crippen LogP contribution in [0.5, 0.6) is 5.88 Å². The number of ether oxygens (including phenoxy) is 2. The first-order valence-corrected chi connectivity index (χ1v) is 6.30. The molecule has 0 saturated carbocycles. The zero-order chi connectivity index (χ0) is 14.1. The van der Waals surface area contributed by atoms with E-state index in [2.05, 4.69) is 15.6 Å². The zero-order valence-electron chi connectivity index (χ0n) is 11.6. The van der Waals surface area contributed by atoms with Gasteiger partial charge >= 0.3 is 0 Å².